The fraction of sp³-hybridized carbons (Fsp3) is 0.353. The van der Waals surface area contributed by atoms with Crippen molar-refractivity contribution >= 4 is 5.84 Å². The number of benzene rings is 1. The molecule has 3 rings (SSSR count). The lowest BCUT2D eigenvalue weighted by atomic mass is 9.99. The maximum Gasteiger partial charge on any atom is 0.293 e. The van der Waals surface area contributed by atoms with Gasteiger partial charge in [-0.25, -0.2) is 4.39 Å². The number of halogens is 1. The van der Waals surface area contributed by atoms with Crippen molar-refractivity contribution in [2.75, 3.05) is 13.2 Å². The van der Waals surface area contributed by atoms with E-state index in [0.717, 1.165) is 12.8 Å². The van der Waals surface area contributed by atoms with Gasteiger partial charge in [-0.2, -0.15) is 0 Å². The van der Waals surface area contributed by atoms with E-state index in [1.54, 1.807) is 24.5 Å². The first-order valence-corrected chi connectivity index (χ1v) is 7.84. The average molecular weight is 330 g/mol. The predicted molar refractivity (Wildman–Crippen MR) is 86.7 cm³/mol. The van der Waals surface area contributed by atoms with Crippen LogP contribution in [0.15, 0.2) is 41.5 Å². The number of aromatic nitrogens is 2. The minimum Gasteiger partial charge on any atom is -0.381 e. The Labute approximate surface area is 138 Å². The fourth-order valence-corrected chi connectivity index (χ4v) is 2.85. The summed E-state index contributed by atoms with van der Waals surface area (Å²) >= 11 is 0. The van der Waals surface area contributed by atoms with Crippen molar-refractivity contribution in [3.8, 4) is 0 Å². The maximum atomic E-state index is 13.3. The molecule has 0 spiro atoms. The smallest absolute Gasteiger partial charge is 0.293 e. The predicted octanol–water partition coefficient (Wildman–Crippen LogP) is 1.57. The Morgan fingerprint density at radius 2 is 2.04 bits per heavy atom. The summed E-state index contributed by atoms with van der Waals surface area (Å²) in [7, 11) is 0. The number of rotatable bonds is 3. The van der Waals surface area contributed by atoms with Gasteiger partial charge in [0, 0.05) is 31.5 Å². The molecule has 0 amide bonds. The quantitative estimate of drug-likeness (QED) is 0.661. The minimum absolute atomic E-state index is 0.00804. The van der Waals surface area contributed by atoms with Crippen LogP contribution in [0.1, 0.15) is 18.4 Å². The zero-order valence-electron chi connectivity index (χ0n) is 13.2. The van der Waals surface area contributed by atoms with E-state index in [9.17, 15) is 9.18 Å². The summed E-state index contributed by atoms with van der Waals surface area (Å²) in [5.74, 6) is -0.122. The van der Waals surface area contributed by atoms with Crippen LogP contribution in [-0.2, 0) is 11.3 Å². The normalized spacial score (nSPS) is 15.4. The fourth-order valence-electron chi connectivity index (χ4n) is 2.85. The van der Waals surface area contributed by atoms with Crippen molar-refractivity contribution < 1.29 is 9.13 Å². The monoisotopic (exact) mass is 330 g/mol. The molecule has 24 heavy (non-hydrogen) atoms. The van der Waals surface area contributed by atoms with Crippen LogP contribution in [0.4, 0.5) is 4.39 Å². The summed E-state index contributed by atoms with van der Waals surface area (Å²) in [5, 5.41) is 16.3. The Morgan fingerprint density at radius 1 is 1.29 bits per heavy atom. The Morgan fingerprint density at radius 3 is 2.75 bits per heavy atom. The Bertz CT molecular complexity index is 865. The molecule has 1 aromatic heterocycles. The molecule has 1 saturated heterocycles. The van der Waals surface area contributed by atoms with Crippen LogP contribution < -0.4 is 11.0 Å². The molecule has 1 aromatic carbocycles. The summed E-state index contributed by atoms with van der Waals surface area (Å²) in [6.45, 7) is 1.38. The number of hydrogen-bond acceptors (Lipinski definition) is 4. The Hall–Kier alpha value is -2.54. The van der Waals surface area contributed by atoms with E-state index >= 15 is 0 Å². The van der Waals surface area contributed by atoms with E-state index in [2.05, 4.69) is 0 Å². The van der Waals surface area contributed by atoms with Gasteiger partial charge in [0.05, 0.1) is 6.54 Å². The second-order valence-corrected chi connectivity index (χ2v) is 5.85. The standard InChI is InChI=1S/C17H19FN4O2/c18-14-3-1-2-12(10-14)11-21-6-7-22(16(20)17(21)23)15(19)13-4-8-24-9-5-13/h1-3,6-7,10,13,19-20H,4-5,8-9,11H2. The molecule has 126 valence electrons. The van der Waals surface area contributed by atoms with Gasteiger partial charge in [-0.3, -0.25) is 20.2 Å². The molecule has 0 aliphatic carbocycles. The molecule has 2 heterocycles. The SMILES string of the molecule is N=C(C1CCOCC1)n1ccn(Cc2cccc(F)c2)c(=O)c1=N. The third kappa shape index (κ3) is 3.35. The van der Waals surface area contributed by atoms with Gasteiger partial charge in [0.15, 0.2) is 5.49 Å². The number of nitrogens with one attached hydrogen (secondary N) is 2. The number of ether oxygens (including phenoxy) is 1. The van der Waals surface area contributed by atoms with Gasteiger partial charge in [0.25, 0.3) is 5.56 Å². The summed E-state index contributed by atoms with van der Waals surface area (Å²) in [6.07, 6.45) is 4.54. The van der Waals surface area contributed by atoms with E-state index in [1.165, 1.54) is 21.3 Å². The molecule has 1 fully saturated rings. The van der Waals surface area contributed by atoms with Gasteiger partial charge in [-0.15, -0.1) is 0 Å². The van der Waals surface area contributed by atoms with Crippen LogP contribution in [0.3, 0.4) is 0 Å². The number of hydrogen-bond donors (Lipinski definition) is 2. The van der Waals surface area contributed by atoms with Crippen LogP contribution in [0, 0.1) is 22.6 Å². The molecule has 0 unspecified atom stereocenters. The highest BCUT2D eigenvalue weighted by molar-refractivity contribution is 5.83. The van der Waals surface area contributed by atoms with Crippen LogP contribution >= 0.6 is 0 Å². The van der Waals surface area contributed by atoms with E-state index in [-0.39, 0.29) is 29.6 Å². The largest absolute Gasteiger partial charge is 0.381 e. The van der Waals surface area contributed by atoms with Crippen molar-refractivity contribution in [3.63, 3.8) is 0 Å². The highest BCUT2D eigenvalue weighted by Crippen LogP contribution is 2.16. The van der Waals surface area contributed by atoms with Crippen LogP contribution in [0.25, 0.3) is 0 Å². The van der Waals surface area contributed by atoms with Gasteiger partial charge in [-0.05, 0) is 30.5 Å². The Kier molecular flexibility index (Phi) is 4.71. The lowest BCUT2D eigenvalue weighted by molar-refractivity contribution is 0.0818. The van der Waals surface area contributed by atoms with Crippen molar-refractivity contribution in [3.05, 3.63) is 63.9 Å². The molecular weight excluding hydrogens is 311 g/mol. The van der Waals surface area contributed by atoms with Crippen LogP contribution in [0.5, 0.6) is 0 Å². The highest BCUT2D eigenvalue weighted by atomic mass is 19.1. The van der Waals surface area contributed by atoms with Crippen molar-refractivity contribution in [1.82, 2.24) is 9.13 Å². The average Bonchev–Trinajstić information content (AvgIpc) is 2.59. The second kappa shape index (κ2) is 6.92. The van der Waals surface area contributed by atoms with Crippen LogP contribution in [0.2, 0.25) is 0 Å². The molecular formula is C17H19FN4O2. The summed E-state index contributed by atoms with van der Waals surface area (Å²) in [4.78, 5) is 12.4. The molecule has 6 nitrogen and oxygen atoms in total. The highest BCUT2D eigenvalue weighted by Gasteiger charge is 2.20. The molecule has 1 aliphatic rings. The molecule has 2 N–H and O–H groups in total. The van der Waals surface area contributed by atoms with E-state index in [1.807, 2.05) is 0 Å². The van der Waals surface area contributed by atoms with Gasteiger partial charge >= 0.3 is 0 Å². The van der Waals surface area contributed by atoms with Crippen LogP contribution in [-0.4, -0.2) is 28.2 Å². The molecule has 0 radical (unpaired) electrons. The van der Waals surface area contributed by atoms with Crippen molar-refractivity contribution in [2.24, 2.45) is 5.92 Å². The molecule has 0 saturated carbocycles. The molecule has 0 atom stereocenters. The second-order valence-electron chi connectivity index (χ2n) is 5.85. The lowest BCUT2D eigenvalue weighted by Crippen LogP contribution is -2.45. The van der Waals surface area contributed by atoms with Crippen molar-refractivity contribution in [2.45, 2.75) is 19.4 Å². The third-order valence-electron chi connectivity index (χ3n) is 4.21. The third-order valence-corrected chi connectivity index (χ3v) is 4.21. The first-order chi connectivity index (χ1) is 11.6. The zero-order valence-corrected chi connectivity index (χ0v) is 13.2. The molecule has 7 heteroatoms. The van der Waals surface area contributed by atoms with Crippen molar-refractivity contribution in [1.29, 1.82) is 10.8 Å². The molecule has 1 aliphatic heterocycles. The van der Waals surface area contributed by atoms with E-state index < -0.39 is 5.56 Å². The first kappa shape index (κ1) is 16.3. The summed E-state index contributed by atoms with van der Waals surface area (Å²) in [5.41, 5.74) is -0.113. The van der Waals surface area contributed by atoms with Gasteiger partial charge in [-0.1, -0.05) is 12.1 Å². The van der Waals surface area contributed by atoms with Gasteiger partial charge in [0.1, 0.15) is 11.7 Å². The molecule has 0 bridgehead atoms. The summed E-state index contributed by atoms with van der Waals surface area (Å²) < 4.78 is 21.2. The summed E-state index contributed by atoms with van der Waals surface area (Å²) in [6, 6.07) is 6.02. The Balaban J connectivity index is 1.87. The maximum absolute atomic E-state index is 13.3. The van der Waals surface area contributed by atoms with E-state index in [0.29, 0.717) is 18.8 Å². The minimum atomic E-state index is -0.501. The van der Waals surface area contributed by atoms with E-state index in [4.69, 9.17) is 15.6 Å². The lowest BCUT2D eigenvalue weighted by Gasteiger charge is -2.23. The van der Waals surface area contributed by atoms with Gasteiger partial charge < -0.3 is 9.30 Å². The van der Waals surface area contributed by atoms with Gasteiger partial charge in [0.2, 0.25) is 0 Å². The first-order valence-electron chi connectivity index (χ1n) is 7.84. The number of nitrogens with zero attached hydrogens (tertiary/aromatic N) is 2. The molecule has 2 aromatic rings. The zero-order chi connectivity index (χ0) is 17.1. The topological polar surface area (TPSA) is 83.9 Å².